The van der Waals surface area contributed by atoms with Crippen LogP contribution in [0, 0.1) is 0 Å². The van der Waals surface area contributed by atoms with Gasteiger partial charge in [0.2, 0.25) is 0 Å². The number of ether oxygens (including phenoxy) is 1. The lowest BCUT2D eigenvalue weighted by Crippen LogP contribution is -2.37. The quantitative estimate of drug-likeness (QED) is 0.818. The van der Waals surface area contributed by atoms with Crippen LogP contribution in [0.3, 0.4) is 0 Å². The van der Waals surface area contributed by atoms with Gasteiger partial charge in [0.15, 0.2) is 6.61 Å². The van der Waals surface area contributed by atoms with Crippen molar-refractivity contribution in [3.05, 3.63) is 42.0 Å². The fraction of sp³-hybridized carbons (Fsp3) is 0.550. The summed E-state index contributed by atoms with van der Waals surface area (Å²) in [5, 5.41) is 8.93. The molecule has 0 spiro atoms. The Morgan fingerprint density at radius 2 is 2.00 bits per heavy atom. The second-order valence-electron chi connectivity index (χ2n) is 7.46. The highest BCUT2D eigenvalue weighted by atomic mass is 16.5. The summed E-state index contributed by atoms with van der Waals surface area (Å²) in [6, 6.07) is 9.47. The highest BCUT2D eigenvalue weighted by molar-refractivity contribution is 5.77. The molecule has 0 saturated carbocycles. The first-order chi connectivity index (χ1) is 13.2. The first kappa shape index (κ1) is 18.0. The van der Waals surface area contributed by atoms with Crippen molar-refractivity contribution in [2.45, 2.75) is 31.7 Å². The minimum atomic E-state index is 0.0246. The van der Waals surface area contributed by atoms with Gasteiger partial charge in [-0.25, -0.2) is 0 Å². The van der Waals surface area contributed by atoms with Gasteiger partial charge in [-0.15, -0.1) is 10.2 Å². The Bertz CT molecular complexity index is 776. The molecule has 0 unspecified atom stereocenters. The number of fused-ring (bicyclic) bond motifs is 1. The predicted molar refractivity (Wildman–Crippen MR) is 102 cm³/mol. The van der Waals surface area contributed by atoms with Gasteiger partial charge in [0.1, 0.15) is 17.4 Å². The molecule has 1 aromatic heterocycles. The molecule has 0 N–H and O–H groups in total. The van der Waals surface area contributed by atoms with E-state index in [1.54, 1.807) is 0 Å². The van der Waals surface area contributed by atoms with Crippen molar-refractivity contribution < 1.29 is 9.53 Å². The molecule has 0 radical (unpaired) electrons. The summed E-state index contributed by atoms with van der Waals surface area (Å²) >= 11 is 0. The number of rotatable bonds is 4. The maximum Gasteiger partial charge on any atom is 0.260 e. The Morgan fingerprint density at radius 1 is 1.15 bits per heavy atom. The Kier molecular flexibility index (Phi) is 5.38. The molecule has 0 aliphatic carbocycles. The first-order valence-corrected chi connectivity index (χ1v) is 9.77. The van der Waals surface area contributed by atoms with Gasteiger partial charge in [-0.2, -0.15) is 0 Å². The van der Waals surface area contributed by atoms with Crippen LogP contribution in [0.4, 0.5) is 0 Å². The number of amides is 1. The van der Waals surface area contributed by atoms with Crippen LogP contribution >= 0.6 is 0 Å². The third kappa shape index (κ3) is 4.13. The second-order valence-corrected chi connectivity index (χ2v) is 7.46. The van der Waals surface area contributed by atoms with Gasteiger partial charge in [-0.05, 0) is 38.6 Å². The fourth-order valence-electron chi connectivity index (χ4n) is 4.03. The third-order valence-electron chi connectivity index (χ3n) is 5.50. The molecule has 7 heteroatoms. The van der Waals surface area contributed by atoms with Crippen LogP contribution < -0.4 is 4.74 Å². The SMILES string of the molecule is CN1CCC[C@H](c2nnc3n2CCN(C(=O)COc2ccccc2)CC3)C1. The molecule has 1 amide bonds. The van der Waals surface area contributed by atoms with Crippen LogP contribution in [0.15, 0.2) is 30.3 Å². The Labute approximate surface area is 159 Å². The van der Waals surface area contributed by atoms with Crippen LogP contribution in [-0.4, -0.2) is 70.3 Å². The number of benzene rings is 1. The van der Waals surface area contributed by atoms with Crippen molar-refractivity contribution in [1.29, 1.82) is 0 Å². The summed E-state index contributed by atoms with van der Waals surface area (Å²) in [5.41, 5.74) is 0. The highest BCUT2D eigenvalue weighted by Gasteiger charge is 2.27. The van der Waals surface area contributed by atoms with E-state index in [4.69, 9.17) is 4.74 Å². The van der Waals surface area contributed by atoms with Crippen molar-refractivity contribution >= 4 is 5.91 Å². The number of nitrogens with zero attached hydrogens (tertiary/aromatic N) is 5. The number of para-hydroxylation sites is 1. The summed E-state index contributed by atoms with van der Waals surface area (Å²) in [6.07, 6.45) is 3.10. The number of carbonyl (C=O) groups is 1. The molecule has 0 bridgehead atoms. The molecule has 27 heavy (non-hydrogen) atoms. The van der Waals surface area contributed by atoms with E-state index >= 15 is 0 Å². The van der Waals surface area contributed by atoms with Crippen LogP contribution in [0.2, 0.25) is 0 Å². The minimum absolute atomic E-state index is 0.0246. The average Bonchev–Trinajstić information content (AvgIpc) is 2.98. The fourth-order valence-corrected chi connectivity index (χ4v) is 4.03. The molecule has 1 aromatic carbocycles. The van der Waals surface area contributed by atoms with E-state index in [1.165, 1.54) is 6.42 Å². The number of likely N-dealkylation sites (N-methyl/N-ethyl adjacent to an activating group) is 1. The lowest BCUT2D eigenvalue weighted by atomic mass is 9.97. The first-order valence-electron chi connectivity index (χ1n) is 9.77. The molecular formula is C20H27N5O2. The molecule has 2 aliphatic rings. The highest BCUT2D eigenvalue weighted by Crippen LogP contribution is 2.26. The smallest absolute Gasteiger partial charge is 0.260 e. The van der Waals surface area contributed by atoms with Crippen molar-refractivity contribution in [3.63, 3.8) is 0 Å². The molecule has 1 saturated heterocycles. The molecule has 1 atom stereocenters. The number of likely N-dealkylation sites (tertiary alicyclic amines) is 1. The van der Waals surface area contributed by atoms with E-state index in [9.17, 15) is 4.79 Å². The second kappa shape index (κ2) is 8.08. The lowest BCUT2D eigenvalue weighted by molar-refractivity contribution is -0.133. The number of hydrogen-bond acceptors (Lipinski definition) is 5. The minimum Gasteiger partial charge on any atom is -0.484 e. The molecular weight excluding hydrogens is 342 g/mol. The average molecular weight is 369 g/mol. The summed E-state index contributed by atoms with van der Waals surface area (Å²) in [4.78, 5) is 16.8. The monoisotopic (exact) mass is 369 g/mol. The zero-order valence-corrected chi connectivity index (χ0v) is 15.9. The third-order valence-corrected chi connectivity index (χ3v) is 5.50. The zero-order chi connectivity index (χ0) is 18.6. The Hall–Kier alpha value is -2.41. The van der Waals surface area contributed by atoms with E-state index in [2.05, 4.69) is 26.7 Å². The Balaban J connectivity index is 1.37. The number of carbonyl (C=O) groups excluding carboxylic acids is 1. The summed E-state index contributed by atoms with van der Waals surface area (Å²) in [6.45, 7) is 4.37. The normalized spacial score (nSPS) is 20.8. The van der Waals surface area contributed by atoms with Gasteiger partial charge in [-0.3, -0.25) is 4.79 Å². The van der Waals surface area contributed by atoms with E-state index in [0.717, 1.165) is 49.9 Å². The van der Waals surface area contributed by atoms with Crippen LogP contribution in [-0.2, 0) is 17.8 Å². The summed E-state index contributed by atoms with van der Waals surface area (Å²) < 4.78 is 7.86. The molecule has 144 valence electrons. The van der Waals surface area contributed by atoms with Gasteiger partial charge < -0.3 is 19.1 Å². The summed E-state index contributed by atoms with van der Waals surface area (Å²) in [5.74, 6) is 3.27. The van der Waals surface area contributed by atoms with Crippen LogP contribution in [0.25, 0.3) is 0 Å². The van der Waals surface area contributed by atoms with E-state index in [0.29, 0.717) is 19.0 Å². The lowest BCUT2D eigenvalue weighted by Gasteiger charge is -2.29. The number of piperidine rings is 1. The standard InChI is InChI=1S/C20H27N5O2/c1-23-10-5-6-16(14-23)20-22-21-18-9-11-24(12-13-25(18)20)19(26)15-27-17-7-3-2-4-8-17/h2-4,7-8,16H,5-6,9-15H2,1H3/t16-/m0/s1. The maximum atomic E-state index is 12.6. The number of hydrogen-bond donors (Lipinski definition) is 0. The molecule has 7 nitrogen and oxygen atoms in total. The van der Waals surface area contributed by atoms with E-state index in [1.807, 2.05) is 35.2 Å². The Morgan fingerprint density at radius 3 is 2.81 bits per heavy atom. The summed E-state index contributed by atoms with van der Waals surface area (Å²) in [7, 11) is 2.17. The number of aromatic nitrogens is 3. The molecule has 1 fully saturated rings. The van der Waals surface area contributed by atoms with Gasteiger partial charge in [0, 0.05) is 38.5 Å². The van der Waals surface area contributed by atoms with E-state index < -0.39 is 0 Å². The van der Waals surface area contributed by atoms with Crippen molar-refractivity contribution in [2.24, 2.45) is 0 Å². The molecule has 2 aromatic rings. The zero-order valence-electron chi connectivity index (χ0n) is 15.9. The van der Waals surface area contributed by atoms with Crippen LogP contribution in [0.1, 0.15) is 30.4 Å². The van der Waals surface area contributed by atoms with Gasteiger partial charge in [0.25, 0.3) is 5.91 Å². The van der Waals surface area contributed by atoms with E-state index in [-0.39, 0.29) is 12.5 Å². The topological polar surface area (TPSA) is 63.5 Å². The van der Waals surface area contributed by atoms with Crippen molar-refractivity contribution in [1.82, 2.24) is 24.6 Å². The predicted octanol–water partition coefficient (Wildman–Crippen LogP) is 1.55. The van der Waals surface area contributed by atoms with Crippen molar-refractivity contribution in [2.75, 3.05) is 39.8 Å². The molecule has 4 rings (SSSR count). The largest absolute Gasteiger partial charge is 0.484 e. The van der Waals surface area contributed by atoms with Crippen molar-refractivity contribution in [3.8, 4) is 5.75 Å². The molecule has 3 heterocycles. The van der Waals surface area contributed by atoms with Crippen LogP contribution in [0.5, 0.6) is 5.75 Å². The molecule has 2 aliphatic heterocycles. The maximum absolute atomic E-state index is 12.6. The van der Waals surface area contributed by atoms with Gasteiger partial charge in [0.05, 0.1) is 0 Å². The van der Waals surface area contributed by atoms with Gasteiger partial charge in [-0.1, -0.05) is 18.2 Å². The van der Waals surface area contributed by atoms with Gasteiger partial charge >= 0.3 is 0 Å².